The van der Waals surface area contributed by atoms with E-state index in [1.807, 2.05) is 0 Å². The van der Waals surface area contributed by atoms with Crippen LogP contribution in [0.1, 0.15) is 12.8 Å². The van der Waals surface area contributed by atoms with Gasteiger partial charge in [-0.1, -0.05) is 0 Å². The van der Waals surface area contributed by atoms with Crippen molar-refractivity contribution in [3.05, 3.63) is 11.6 Å². The Morgan fingerprint density at radius 3 is 0.870 bits per heavy atom. The largest absolute Gasteiger partial charge is 1.00 e. The molecule has 0 rings (SSSR count). The molecule has 3 unspecified atom stereocenters. The smallest absolute Gasteiger partial charge is 0.750 e. The van der Waals surface area contributed by atoms with Gasteiger partial charge in [0.25, 0.3) is 0 Å². The van der Waals surface area contributed by atoms with Crippen LogP contribution in [-0.2, 0) is 107 Å². The molecule has 0 fully saturated rings. The molecule has 58 heteroatoms. The van der Waals surface area contributed by atoms with Crippen LogP contribution in [0.15, 0.2) is 11.6 Å². The standard InChI is InChI=1S/C21H23F15O12S.C21H21F15O9.2Na.H2O3S/c22-16(23,19(28,29)30)8-43-1-4-46-12(37)7-11(14(38)47-5-2-44-9-17(24,25)20(31,32)33)13(49(40,41)42)15(39)48-6-3-45-10-18(26,27)21(34,35)36;22-16(23,19(28,29)30)9-40-1-4-43-13(37)7-12(15(39)45-6-3-42-11-18(26,27)21(34,35)36)8-14(38)44-5-2-41-10-17(24,25)20(31,32)33;;;1-4(2)3/h11,13H,1-10H2,(H,40,41,42);7H,1-6,8-11H2;;;(H2,1,2,3)/q;;2*+1;/p-2/b;12-7-;;;. The van der Waals surface area contributed by atoms with Crippen molar-refractivity contribution in [1.82, 2.24) is 0 Å². The molecule has 0 amide bonds. The molecule has 0 saturated heterocycles. The third-order valence-electron chi connectivity index (χ3n) is 9.53. The Balaban J connectivity index is -0.000000561. The van der Waals surface area contributed by atoms with E-state index in [1.54, 1.807) is 0 Å². The van der Waals surface area contributed by atoms with Crippen LogP contribution in [0.25, 0.3) is 0 Å². The molecule has 0 aliphatic rings. The zero-order chi connectivity index (χ0) is 77.6. The van der Waals surface area contributed by atoms with E-state index < -0.39 is 278 Å². The quantitative estimate of drug-likeness (QED) is 0.0131. The molecule has 1 N–H and O–H groups in total. The maximum Gasteiger partial charge on any atom is 1.00 e. The van der Waals surface area contributed by atoms with Gasteiger partial charge in [-0.2, -0.15) is 132 Å². The van der Waals surface area contributed by atoms with E-state index in [0.29, 0.717) is 0 Å². The molecule has 0 saturated carbocycles. The minimum Gasteiger partial charge on any atom is -0.750 e. The summed E-state index contributed by atoms with van der Waals surface area (Å²) in [6.45, 7) is -27.4. The number of esters is 6. The first-order valence-corrected chi connectivity index (χ1v) is 26.9. The maximum atomic E-state index is 12.9. The zero-order valence-corrected chi connectivity index (χ0v) is 55.0. The minimum atomic E-state index is -6.18. The van der Waals surface area contributed by atoms with E-state index in [4.69, 9.17) is 13.3 Å². The number of rotatable bonds is 40. The summed E-state index contributed by atoms with van der Waals surface area (Å²) in [5.41, 5.74) is -1.03. The van der Waals surface area contributed by atoms with E-state index >= 15 is 0 Å². The second-order valence-electron chi connectivity index (χ2n) is 17.4. The Hall–Kier alpha value is -3.80. The predicted molar refractivity (Wildman–Crippen MR) is 243 cm³/mol. The molecule has 0 spiro atoms. The average Bonchev–Trinajstić information content (AvgIpc) is 0.813. The molecule has 580 valence electrons. The molecular weight excluding hydrogens is 1570 g/mol. The van der Waals surface area contributed by atoms with Crippen molar-refractivity contribution >= 4 is 57.3 Å². The SMILES string of the molecule is O=C(/C=C(/CC(=O)OCCOCC(F)(F)C(F)(F)F)C(=O)OCCOCC(F)(F)C(F)(F)F)OCCOCC(F)(F)C(F)(F)F.O=C(CC(C(=O)OCCOCC(F)(F)C(F)(F)F)C(C(=O)OCCOCC(F)(F)C(F)(F)F)S(=O)(=O)[O-])OCCOCC(F)(F)C(F)(F)F.O=S([O-])O.[Na+].[Na+]. The van der Waals surface area contributed by atoms with Crippen molar-refractivity contribution in [3.8, 4) is 0 Å². The van der Waals surface area contributed by atoms with Crippen LogP contribution in [-0.4, -0.2) is 259 Å². The molecule has 0 aromatic carbocycles. The molecule has 100 heavy (non-hydrogen) atoms. The van der Waals surface area contributed by atoms with Crippen molar-refractivity contribution in [2.24, 2.45) is 5.92 Å². The molecule has 0 bridgehead atoms. The Morgan fingerprint density at radius 1 is 0.380 bits per heavy atom. The summed E-state index contributed by atoms with van der Waals surface area (Å²) in [4.78, 5) is 72.9. The summed E-state index contributed by atoms with van der Waals surface area (Å²) in [5.74, 6) is -45.9. The van der Waals surface area contributed by atoms with Crippen molar-refractivity contribution in [2.75, 3.05) is 119 Å². The summed E-state index contributed by atoms with van der Waals surface area (Å²) >= 11 is -2.86. The number of halogens is 30. The van der Waals surface area contributed by atoms with Crippen LogP contribution in [0.4, 0.5) is 132 Å². The first kappa shape index (κ1) is 105. The van der Waals surface area contributed by atoms with Gasteiger partial charge in [0.05, 0.1) is 75.3 Å². The Morgan fingerprint density at radius 2 is 0.610 bits per heavy atom. The van der Waals surface area contributed by atoms with Crippen molar-refractivity contribution < 1.29 is 303 Å². The summed E-state index contributed by atoms with van der Waals surface area (Å²) in [6, 6.07) is 0. The number of alkyl halides is 30. The van der Waals surface area contributed by atoms with Crippen molar-refractivity contribution in [3.63, 3.8) is 0 Å². The molecule has 24 nitrogen and oxygen atoms in total. The Bertz CT molecular complexity index is 2640. The third kappa shape index (κ3) is 42.8. The number of hydrogen-bond acceptors (Lipinski definition) is 23. The number of hydrogen-bond donors (Lipinski definition) is 1. The van der Waals surface area contributed by atoms with Gasteiger partial charge >= 0.3 is 168 Å². The van der Waals surface area contributed by atoms with Crippen LogP contribution in [0.3, 0.4) is 0 Å². The third-order valence-corrected chi connectivity index (χ3v) is 10.7. The topological polar surface area (TPSA) is 331 Å². The van der Waals surface area contributed by atoms with Crippen LogP contribution in [0.2, 0.25) is 0 Å². The van der Waals surface area contributed by atoms with Crippen LogP contribution in [0, 0.1) is 5.92 Å². The van der Waals surface area contributed by atoms with E-state index in [0.717, 1.165) is 0 Å². The fourth-order valence-electron chi connectivity index (χ4n) is 4.81. The number of carbonyl (C=O) groups is 6. The summed E-state index contributed by atoms with van der Waals surface area (Å²) in [5, 5.41) is -3.37. The van der Waals surface area contributed by atoms with Gasteiger partial charge in [-0.05, 0) is 0 Å². The number of ether oxygens (including phenoxy) is 12. The van der Waals surface area contributed by atoms with Crippen LogP contribution >= 0.6 is 0 Å². The van der Waals surface area contributed by atoms with E-state index in [1.165, 1.54) is 0 Å². The molecule has 3 atom stereocenters. The van der Waals surface area contributed by atoms with Crippen LogP contribution < -0.4 is 59.1 Å². The van der Waals surface area contributed by atoms with Gasteiger partial charge in [0.1, 0.15) is 89.4 Å². The first-order valence-electron chi connectivity index (χ1n) is 24.4. The van der Waals surface area contributed by atoms with Gasteiger partial charge in [-0.25, -0.2) is 22.2 Å². The van der Waals surface area contributed by atoms with Crippen molar-refractivity contribution in [1.29, 1.82) is 0 Å². The van der Waals surface area contributed by atoms with Gasteiger partial charge in [0.2, 0.25) is 0 Å². The van der Waals surface area contributed by atoms with Gasteiger partial charge in [-0.3, -0.25) is 19.2 Å². The average molecular weight is 1610 g/mol. The Kier molecular flexibility index (Phi) is 47.0. The molecule has 0 radical (unpaired) electrons. The minimum absolute atomic E-state index is 0. The molecule has 0 aliphatic heterocycles. The van der Waals surface area contributed by atoms with Gasteiger partial charge in [0, 0.05) is 6.08 Å². The second-order valence-corrected chi connectivity index (χ2v) is 19.3. The van der Waals surface area contributed by atoms with Gasteiger partial charge < -0.3 is 70.5 Å². The van der Waals surface area contributed by atoms with Crippen LogP contribution in [0.5, 0.6) is 0 Å². The van der Waals surface area contributed by atoms with Gasteiger partial charge in [0.15, 0.2) is 5.25 Å². The predicted octanol–water partition coefficient (Wildman–Crippen LogP) is 1.10. The van der Waals surface area contributed by atoms with E-state index in [9.17, 15) is 173 Å². The van der Waals surface area contributed by atoms with E-state index in [2.05, 4.69) is 56.8 Å². The fraction of sp³-hybridized carbons (Fsp3) is 0.810. The summed E-state index contributed by atoms with van der Waals surface area (Å²) < 4.78 is 481. The van der Waals surface area contributed by atoms with Gasteiger partial charge in [-0.15, -0.1) is 0 Å². The summed E-state index contributed by atoms with van der Waals surface area (Å²) in [6.07, 6.45) is -39.0. The maximum absolute atomic E-state index is 12.9. The second kappa shape index (κ2) is 44.9. The molecular formula is C42H44F30Na2O24S2. The molecule has 0 aromatic heterocycles. The summed E-state index contributed by atoms with van der Waals surface area (Å²) in [7, 11) is -6.18. The monoisotopic (exact) mass is 1610 g/mol. The van der Waals surface area contributed by atoms with Crippen molar-refractivity contribution in [2.45, 2.75) is 90.7 Å². The molecule has 0 aliphatic carbocycles. The fourth-order valence-corrected chi connectivity index (χ4v) is 5.72. The Labute approximate surface area is 584 Å². The normalized spacial score (nSPS) is 14.2. The van der Waals surface area contributed by atoms with E-state index in [-0.39, 0.29) is 65.2 Å². The zero-order valence-electron chi connectivity index (χ0n) is 49.4. The number of carbonyl (C=O) groups excluding carboxylic acids is 6. The first-order chi connectivity index (χ1) is 43.8. The molecule has 0 aromatic rings. The molecule has 0 heterocycles.